The highest BCUT2D eigenvalue weighted by molar-refractivity contribution is 5.68. The summed E-state index contributed by atoms with van der Waals surface area (Å²) in [7, 11) is 0. The molecule has 0 unspecified atom stereocenters. The van der Waals surface area contributed by atoms with Gasteiger partial charge in [0.15, 0.2) is 0 Å². The van der Waals surface area contributed by atoms with Gasteiger partial charge in [-0.2, -0.15) is 0 Å². The van der Waals surface area contributed by atoms with Gasteiger partial charge in [0.25, 0.3) is 0 Å². The number of aromatic nitrogens is 2. The number of unbranched alkanes of at least 4 members (excludes halogenated alkanes) is 2. The highest BCUT2D eigenvalue weighted by Crippen LogP contribution is 2.18. The van der Waals surface area contributed by atoms with Crippen LogP contribution in [-0.4, -0.2) is 21.2 Å². The number of alkyl carbamates (subject to hydrolysis) is 1. The summed E-state index contributed by atoms with van der Waals surface area (Å²) in [5.41, 5.74) is 0.559. The average molecular weight is 295 g/mol. The molecule has 1 atom stereocenters. The molecule has 1 heterocycles. The smallest absolute Gasteiger partial charge is 0.408 e. The molecule has 1 N–H and O–H groups in total. The molecule has 1 aromatic rings. The van der Waals surface area contributed by atoms with E-state index in [1.807, 2.05) is 40.2 Å². The van der Waals surface area contributed by atoms with Gasteiger partial charge in [-0.25, -0.2) is 9.78 Å². The lowest BCUT2D eigenvalue weighted by atomic mass is 10.1. The molecule has 0 aliphatic carbocycles. The summed E-state index contributed by atoms with van der Waals surface area (Å²) in [4.78, 5) is 16.2. The van der Waals surface area contributed by atoms with Crippen LogP contribution in [0.5, 0.6) is 0 Å². The number of hydrogen-bond acceptors (Lipinski definition) is 3. The lowest BCUT2D eigenvalue weighted by Gasteiger charge is -2.23. The zero-order valence-corrected chi connectivity index (χ0v) is 14.0. The third-order valence-corrected chi connectivity index (χ3v) is 3.20. The van der Waals surface area contributed by atoms with Crippen LogP contribution >= 0.6 is 0 Å². The maximum Gasteiger partial charge on any atom is 0.408 e. The summed E-state index contributed by atoms with van der Waals surface area (Å²) in [5.74, 6) is 0. The SMILES string of the molecule is CCCCCn1cncc1[C@@H](CC)NC(=O)OC(C)(C)C. The molecule has 1 amide bonds. The Balaban J connectivity index is 2.67. The molecular weight excluding hydrogens is 266 g/mol. The molecule has 0 fully saturated rings. The largest absolute Gasteiger partial charge is 0.444 e. The lowest BCUT2D eigenvalue weighted by molar-refractivity contribution is 0.0500. The molecule has 1 rings (SSSR count). The van der Waals surface area contributed by atoms with Crippen molar-refractivity contribution in [2.45, 2.75) is 78.5 Å². The zero-order chi connectivity index (χ0) is 15.9. The van der Waals surface area contributed by atoms with Gasteiger partial charge in [0, 0.05) is 6.54 Å². The Morgan fingerprint density at radius 3 is 2.67 bits per heavy atom. The van der Waals surface area contributed by atoms with Crippen molar-refractivity contribution in [3.05, 3.63) is 18.2 Å². The lowest BCUT2D eigenvalue weighted by Crippen LogP contribution is -2.35. The maximum absolute atomic E-state index is 11.9. The third kappa shape index (κ3) is 6.19. The van der Waals surface area contributed by atoms with Gasteiger partial charge in [-0.15, -0.1) is 0 Å². The fourth-order valence-electron chi connectivity index (χ4n) is 2.18. The maximum atomic E-state index is 11.9. The van der Waals surface area contributed by atoms with Crippen LogP contribution in [-0.2, 0) is 11.3 Å². The highest BCUT2D eigenvalue weighted by Gasteiger charge is 2.21. The minimum absolute atomic E-state index is 0.0658. The van der Waals surface area contributed by atoms with Crippen molar-refractivity contribution in [1.82, 2.24) is 14.9 Å². The third-order valence-electron chi connectivity index (χ3n) is 3.20. The topological polar surface area (TPSA) is 56.2 Å². The normalized spacial score (nSPS) is 13.0. The van der Waals surface area contributed by atoms with E-state index in [9.17, 15) is 4.79 Å². The number of carbonyl (C=O) groups is 1. The first-order valence-corrected chi connectivity index (χ1v) is 7.87. The molecule has 120 valence electrons. The Labute approximate surface area is 128 Å². The number of imidazole rings is 1. The van der Waals surface area contributed by atoms with Crippen molar-refractivity contribution < 1.29 is 9.53 Å². The van der Waals surface area contributed by atoms with Crippen molar-refractivity contribution in [3.63, 3.8) is 0 Å². The molecular formula is C16H29N3O2. The number of hydrogen-bond donors (Lipinski definition) is 1. The summed E-state index contributed by atoms with van der Waals surface area (Å²) in [6.45, 7) is 10.8. The number of ether oxygens (including phenoxy) is 1. The second-order valence-electron chi connectivity index (χ2n) is 6.33. The number of nitrogens with zero attached hydrogens (tertiary/aromatic N) is 2. The summed E-state index contributed by atoms with van der Waals surface area (Å²) in [6.07, 6.45) is 7.62. The average Bonchev–Trinajstić information content (AvgIpc) is 2.82. The molecule has 0 radical (unpaired) electrons. The number of rotatable bonds is 7. The van der Waals surface area contributed by atoms with Crippen molar-refractivity contribution in [3.8, 4) is 0 Å². The number of aryl methyl sites for hydroxylation is 1. The standard InChI is InChI=1S/C16H29N3O2/c1-6-8-9-10-19-12-17-11-14(19)13(7-2)18-15(20)21-16(3,4)5/h11-13H,6-10H2,1-5H3,(H,18,20)/t13-/m1/s1. The quantitative estimate of drug-likeness (QED) is 0.772. The number of carbonyl (C=O) groups excluding carboxylic acids is 1. The zero-order valence-electron chi connectivity index (χ0n) is 14.0. The second-order valence-corrected chi connectivity index (χ2v) is 6.33. The first-order chi connectivity index (χ1) is 9.87. The second kappa shape index (κ2) is 8.05. The highest BCUT2D eigenvalue weighted by atomic mass is 16.6. The fourth-order valence-corrected chi connectivity index (χ4v) is 2.18. The van der Waals surface area contributed by atoms with Gasteiger partial charge >= 0.3 is 6.09 Å². The van der Waals surface area contributed by atoms with E-state index in [2.05, 4.69) is 21.8 Å². The van der Waals surface area contributed by atoms with E-state index < -0.39 is 5.60 Å². The monoisotopic (exact) mass is 295 g/mol. The van der Waals surface area contributed by atoms with E-state index in [0.717, 1.165) is 25.1 Å². The van der Waals surface area contributed by atoms with Gasteiger partial charge < -0.3 is 14.6 Å². The predicted octanol–water partition coefficient (Wildman–Crippen LogP) is 4.05. The first-order valence-electron chi connectivity index (χ1n) is 7.87. The summed E-state index contributed by atoms with van der Waals surface area (Å²) in [6, 6.07) is -0.0658. The predicted molar refractivity (Wildman–Crippen MR) is 84.2 cm³/mol. The van der Waals surface area contributed by atoms with Crippen LogP contribution in [0.2, 0.25) is 0 Å². The Kier molecular flexibility index (Phi) is 6.72. The van der Waals surface area contributed by atoms with Crippen LogP contribution in [0.15, 0.2) is 12.5 Å². The van der Waals surface area contributed by atoms with Crippen molar-refractivity contribution in [2.24, 2.45) is 0 Å². The Hall–Kier alpha value is -1.52. The minimum atomic E-state index is -0.482. The van der Waals surface area contributed by atoms with Crippen LogP contribution in [0.3, 0.4) is 0 Å². The van der Waals surface area contributed by atoms with Crippen molar-refractivity contribution >= 4 is 6.09 Å². The Morgan fingerprint density at radius 2 is 2.10 bits per heavy atom. The molecule has 5 nitrogen and oxygen atoms in total. The van der Waals surface area contributed by atoms with Gasteiger partial charge in [-0.3, -0.25) is 0 Å². The molecule has 5 heteroatoms. The van der Waals surface area contributed by atoms with E-state index in [0.29, 0.717) is 0 Å². The molecule has 0 aliphatic rings. The molecule has 21 heavy (non-hydrogen) atoms. The molecule has 0 bridgehead atoms. The van der Waals surface area contributed by atoms with Gasteiger partial charge in [-0.1, -0.05) is 26.7 Å². The molecule has 0 aromatic carbocycles. The Morgan fingerprint density at radius 1 is 1.38 bits per heavy atom. The van der Waals surface area contributed by atoms with Gasteiger partial charge in [-0.05, 0) is 33.6 Å². The molecule has 0 spiro atoms. The molecule has 0 aliphatic heterocycles. The molecule has 0 saturated carbocycles. The summed E-state index contributed by atoms with van der Waals surface area (Å²) >= 11 is 0. The minimum Gasteiger partial charge on any atom is -0.444 e. The van der Waals surface area contributed by atoms with Crippen molar-refractivity contribution in [2.75, 3.05) is 0 Å². The number of amides is 1. The van der Waals surface area contributed by atoms with Crippen LogP contribution < -0.4 is 5.32 Å². The summed E-state index contributed by atoms with van der Waals surface area (Å²) in [5, 5.41) is 2.93. The fraction of sp³-hybridized carbons (Fsp3) is 0.750. The van der Waals surface area contributed by atoms with E-state index in [4.69, 9.17) is 4.74 Å². The van der Waals surface area contributed by atoms with Crippen LogP contribution in [0.25, 0.3) is 0 Å². The molecule has 1 aromatic heterocycles. The molecule has 0 saturated heterocycles. The number of nitrogens with one attached hydrogen (secondary N) is 1. The van der Waals surface area contributed by atoms with E-state index in [1.54, 1.807) is 0 Å². The van der Waals surface area contributed by atoms with E-state index >= 15 is 0 Å². The van der Waals surface area contributed by atoms with E-state index in [-0.39, 0.29) is 12.1 Å². The van der Waals surface area contributed by atoms with Gasteiger partial charge in [0.05, 0.1) is 24.3 Å². The van der Waals surface area contributed by atoms with Gasteiger partial charge in [0.2, 0.25) is 0 Å². The van der Waals surface area contributed by atoms with Crippen LogP contribution in [0.4, 0.5) is 4.79 Å². The van der Waals surface area contributed by atoms with Crippen LogP contribution in [0, 0.1) is 0 Å². The Bertz CT molecular complexity index is 435. The van der Waals surface area contributed by atoms with Gasteiger partial charge in [0.1, 0.15) is 5.60 Å². The van der Waals surface area contributed by atoms with Crippen molar-refractivity contribution in [1.29, 1.82) is 0 Å². The first kappa shape index (κ1) is 17.5. The van der Waals surface area contributed by atoms with Crippen LogP contribution in [0.1, 0.15) is 72.0 Å². The summed E-state index contributed by atoms with van der Waals surface area (Å²) < 4.78 is 7.45. The van der Waals surface area contributed by atoms with E-state index in [1.165, 1.54) is 12.8 Å².